The Balaban J connectivity index is 2.82. The second-order valence-electron chi connectivity index (χ2n) is 5.69. The number of aryl methyl sites for hydroxylation is 1. The minimum absolute atomic E-state index is 0.0110. The molecule has 0 radical (unpaired) electrons. The Morgan fingerprint density at radius 1 is 1.42 bits per heavy atom. The fourth-order valence-corrected chi connectivity index (χ4v) is 1.98. The number of nitrogens with one attached hydrogen (secondary N) is 1. The zero-order valence-corrected chi connectivity index (χ0v) is 12.9. The molecule has 0 bridgehead atoms. The molecule has 1 aromatic rings. The van der Waals surface area contributed by atoms with Crippen molar-refractivity contribution in [2.24, 2.45) is 13.0 Å². The fourth-order valence-electron chi connectivity index (χ4n) is 1.98. The van der Waals surface area contributed by atoms with E-state index in [0.29, 0.717) is 12.5 Å². The molecule has 19 heavy (non-hydrogen) atoms. The predicted octanol–water partition coefficient (Wildman–Crippen LogP) is 1.22. The van der Waals surface area contributed by atoms with Crippen LogP contribution in [0.25, 0.3) is 0 Å². The second kappa shape index (κ2) is 6.70. The molecule has 0 unspecified atom stereocenters. The quantitative estimate of drug-likeness (QED) is 0.842. The van der Waals surface area contributed by atoms with Gasteiger partial charge in [0.25, 0.3) is 5.91 Å². The summed E-state index contributed by atoms with van der Waals surface area (Å²) in [6.07, 6.45) is 0.831. The van der Waals surface area contributed by atoms with Gasteiger partial charge in [-0.3, -0.25) is 9.48 Å². The number of likely N-dealkylation sites (N-methyl/N-ethyl adjacent to an activating group) is 1. The highest BCUT2D eigenvalue weighted by atomic mass is 16.1. The summed E-state index contributed by atoms with van der Waals surface area (Å²) in [6, 6.07) is 0. The smallest absolute Gasteiger partial charge is 0.255 e. The van der Waals surface area contributed by atoms with Gasteiger partial charge in [0.1, 0.15) is 0 Å². The van der Waals surface area contributed by atoms with E-state index in [9.17, 15) is 4.79 Å². The zero-order valence-electron chi connectivity index (χ0n) is 12.9. The lowest BCUT2D eigenvalue weighted by atomic mass is 10.0. The number of carbonyl (C=O) groups is 1. The van der Waals surface area contributed by atoms with Crippen molar-refractivity contribution >= 4 is 5.91 Å². The number of nitrogens with zero attached hydrogens (tertiary/aromatic N) is 3. The van der Waals surface area contributed by atoms with E-state index in [1.54, 1.807) is 4.68 Å². The third-order valence-electron chi connectivity index (χ3n) is 3.08. The molecule has 0 saturated carbocycles. The van der Waals surface area contributed by atoms with Gasteiger partial charge >= 0.3 is 0 Å². The molecule has 0 aliphatic heterocycles. The van der Waals surface area contributed by atoms with E-state index in [-0.39, 0.29) is 5.91 Å². The Kier molecular flexibility index (Phi) is 5.54. The van der Waals surface area contributed by atoms with Gasteiger partial charge in [-0.2, -0.15) is 5.10 Å². The number of rotatable bonds is 6. The van der Waals surface area contributed by atoms with Crippen LogP contribution in [0.5, 0.6) is 0 Å². The molecule has 1 heterocycles. The fraction of sp³-hybridized carbons (Fsp3) is 0.714. The normalized spacial score (nSPS) is 11.4. The number of amides is 1. The van der Waals surface area contributed by atoms with Crippen LogP contribution < -0.4 is 5.32 Å². The summed E-state index contributed by atoms with van der Waals surface area (Å²) in [6.45, 7) is 7.71. The summed E-state index contributed by atoms with van der Waals surface area (Å²) in [7, 11) is 5.87. The first kappa shape index (κ1) is 15.7. The van der Waals surface area contributed by atoms with Crippen LogP contribution in [0, 0.1) is 12.8 Å². The summed E-state index contributed by atoms with van der Waals surface area (Å²) in [4.78, 5) is 14.3. The van der Waals surface area contributed by atoms with Crippen LogP contribution in [0.4, 0.5) is 0 Å². The Labute approximate surface area is 116 Å². The van der Waals surface area contributed by atoms with Crippen molar-refractivity contribution < 1.29 is 4.79 Å². The third kappa shape index (κ3) is 4.35. The van der Waals surface area contributed by atoms with Crippen molar-refractivity contribution in [2.75, 3.05) is 27.2 Å². The lowest BCUT2D eigenvalue weighted by Crippen LogP contribution is -2.32. The molecular formula is C14H26N4O. The van der Waals surface area contributed by atoms with Crippen LogP contribution in [0.3, 0.4) is 0 Å². The molecule has 0 saturated heterocycles. The lowest BCUT2D eigenvalue weighted by Gasteiger charge is -2.11. The molecule has 0 spiro atoms. The van der Waals surface area contributed by atoms with Crippen molar-refractivity contribution in [2.45, 2.75) is 27.2 Å². The molecule has 5 heteroatoms. The standard InChI is InChI=1S/C14H26N4O/c1-10(2)9-12-13(11(3)18(6)16-12)14(19)15-7-8-17(4)5/h10H,7-9H2,1-6H3,(H,15,19). The van der Waals surface area contributed by atoms with Gasteiger partial charge in [-0.15, -0.1) is 0 Å². The van der Waals surface area contributed by atoms with Gasteiger partial charge in [-0.1, -0.05) is 13.8 Å². The molecule has 108 valence electrons. The molecule has 0 fully saturated rings. The van der Waals surface area contributed by atoms with Crippen molar-refractivity contribution in [3.05, 3.63) is 17.0 Å². The molecule has 0 aromatic carbocycles. The van der Waals surface area contributed by atoms with Crippen molar-refractivity contribution in [1.82, 2.24) is 20.0 Å². The van der Waals surface area contributed by atoms with Gasteiger partial charge in [0.05, 0.1) is 11.3 Å². The average Bonchev–Trinajstić information content (AvgIpc) is 2.52. The SMILES string of the molecule is Cc1c(C(=O)NCCN(C)C)c(CC(C)C)nn1C. The maximum absolute atomic E-state index is 12.3. The van der Waals surface area contributed by atoms with E-state index in [1.807, 2.05) is 33.0 Å². The molecule has 1 rings (SSSR count). The Hall–Kier alpha value is -1.36. The van der Waals surface area contributed by atoms with Crippen LogP contribution in [-0.4, -0.2) is 47.8 Å². The van der Waals surface area contributed by atoms with E-state index in [2.05, 4.69) is 24.3 Å². The van der Waals surface area contributed by atoms with Crippen LogP contribution in [0.15, 0.2) is 0 Å². The van der Waals surface area contributed by atoms with Crippen LogP contribution >= 0.6 is 0 Å². The monoisotopic (exact) mass is 266 g/mol. The van der Waals surface area contributed by atoms with Gasteiger partial charge in [0.2, 0.25) is 0 Å². The van der Waals surface area contributed by atoms with Crippen LogP contribution in [-0.2, 0) is 13.5 Å². The first-order valence-corrected chi connectivity index (χ1v) is 6.78. The second-order valence-corrected chi connectivity index (χ2v) is 5.69. The topological polar surface area (TPSA) is 50.2 Å². The summed E-state index contributed by atoms with van der Waals surface area (Å²) < 4.78 is 1.79. The number of hydrogen-bond donors (Lipinski definition) is 1. The van der Waals surface area contributed by atoms with Gasteiger partial charge in [-0.05, 0) is 33.4 Å². The minimum Gasteiger partial charge on any atom is -0.351 e. The van der Waals surface area contributed by atoms with Crippen molar-refractivity contribution in [3.8, 4) is 0 Å². The summed E-state index contributed by atoms with van der Waals surface area (Å²) in [5.74, 6) is 0.478. The van der Waals surface area contributed by atoms with Gasteiger partial charge in [0, 0.05) is 25.8 Å². The van der Waals surface area contributed by atoms with E-state index in [1.165, 1.54) is 0 Å². The van der Waals surface area contributed by atoms with E-state index in [4.69, 9.17) is 0 Å². The largest absolute Gasteiger partial charge is 0.351 e. The van der Waals surface area contributed by atoms with Crippen LogP contribution in [0.2, 0.25) is 0 Å². The molecule has 5 nitrogen and oxygen atoms in total. The minimum atomic E-state index is -0.0110. The number of carbonyl (C=O) groups excluding carboxylic acids is 1. The molecular weight excluding hydrogens is 240 g/mol. The highest BCUT2D eigenvalue weighted by molar-refractivity contribution is 5.96. The molecule has 0 aliphatic rings. The highest BCUT2D eigenvalue weighted by Gasteiger charge is 2.20. The van der Waals surface area contributed by atoms with Gasteiger partial charge in [-0.25, -0.2) is 0 Å². The first-order valence-electron chi connectivity index (χ1n) is 6.78. The van der Waals surface area contributed by atoms with E-state index < -0.39 is 0 Å². The molecule has 1 N–H and O–H groups in total. The number of aromatic nitrogens is 2. The van der Waals surface area contributed by atoms with Crippen molar-refractivity contribution in [1.29, 1.82) is 0 Å². The Morgan fingerprint density at radius 3 is 2.58 bits per heavy atom. The molecule has 1 aromatic heterocycles. The number of hydrogen-bond acceptors (Lipinski definition) is 3. The molecule has 0 atom stereocenters. The Bertz CT molecular complexity index is 435. The van der Waals surface area contributed by atoms with E-state index in [0.717, 1.165) is 29.9 Å². The maximum atomic E-state index is 12.3. The average molecular weight is 266 g/mol. The zero-order chi connectivity index (χ0) is 14.6. The third-order valence-corrected chi connectivity index (χ3v) is 3.08. The highest BCUT2D eigenvalue weighted by Crippen LogP contribution is 2.16. The molecule has 1 amide bonds. The predicted molar refractivity (Wildman–Crippen MR) is 77.4 cm³/mol. The van der Waals surface area contributed by atoms with Gasteiger partial charge in [0.15, 0.2) is 0 Å². The summed E-state index contributed by atoms with van der Waals surface area (Å²) >= 11 is 0. The van der Waals surface area contributed by atoms with E-state index >= 15 is 0 Å². The van der Waals surface area contributed by atoms with Gasteiger partial charge < -0.3 is 10.2 Å². The van der Waals surface area contributed by atoms with Crippen LogP contribution in [0.1, 0.15) is 35.6 Å². The first-order chi connectivity index (χ1) is 8.82. The Morgan fingerprint density at radius 2 is 2.05 bits per heavy atom. The summed E-state index contributed by atoms with van der Waals surface area (Å²) in [5.41, 5.74) is 2.57. The summed E-state index contributed by atoms with van der Waals surface area (Å²) in [5, 5.41) is 7.42. The lowest BCUT2D eigenvalue weighted by molar-refractivity contribution is 0.0949. The molecule has 0 aliphatic carbocycles. The maximum Gasteiger partial charge on any atom is 0.255 e. The van der Waals surface area contributed by atoms with Crippen molar-refractivity contribution in [3.63, 3.8) is 0 Å².